The molecule has 0 saturated carbocycles. The molecule has 1 aliphatic heterocycles. The number of likely N-dealkylation sites (tertiary alicyclic amines) is 1. The molecule has 108 valence electrons. The second kappa shape index (κ2) is 5.20. The molecule has 0 atom stereocenters. The molecule has 0 spiro atoms. The second-order valence-corrected chi connectivity index (χ2v) is 6.28. The summed E-state index contributed by atoms with van der Waals surface area (Å²) in [6.45, 7) is 5.87. The molecule has 2 rings (SSSR count). The standard InChI is InChI=1S/C15H20N2O3/c1-15(2)7-10(13(18)14(19)20)11(9-16)12(8-15)17-5-3-4-6-17/h18H,3-8H2,1-2H3,(H,19,20)/b13-10+. The number of aliphatic hydroxyl groups is 1. The van der Waals surface area contributed by atoms with Gasteiger partial charge >= 0.3 is 5.97 Å². The van der Waals surface area contributed by atoms with Gasteiger partial charge in [0.2, 0.25) is 5.76 Å². The van der Waals surface area contributed by atoms with E-state index in [0.717, 1.165) is 38.0 Å². The Hall–Kier alpha value is -1.96. The highest BCUT2D eigenvalue weighted by atomic mass is 16.4. The lowest BCUT2D eigenvalue weighted by atomic mass is 9.73. The van der Waals surface area contributed by atoms with Gasteiger partial charge in [-0.25, -0.2) is 4.79 Å². The summed E-state index contributed by atoms with van der Waals surface area (Å²) in [4.78, 5) is 13.2. The number of aliphatic carboxylic acids is 1. The van der Waals surface area contributed by atoms with Gasteiger partial charge in [-0.15, -0.1) is 0 Å². The van der Waals surface area contributed by atoms with Crippen molar-refractivity contribution in [3.63, 3.8) is 0 Å². The van der Waals surface area contributed by atoms with Gasteiger partial charge in [0.15, 0.2) is 0 Å². The van der Waals surface area contributed by atoms with E-state index in [-0.39, 0.29) is 11.0 Å². The highest BCUT2D eigenvalue weighted by Gasteiger charge is 2.36. The molecule has 0 unspecified atom stereocenters. The Balaban J connectivity index is 2.56. The predicted molar refractivity (Wildman–Crippen MR) is 73.8 cm³/mol. The first-order valence-corrected chi connectivity index (χ1v) is 6.90. The van der Waals surface area contributed by atoms with E-state index in [1.807, 2.05) is 13.8 Å². The fourth-order valence-electron chi connectivity index (χ4n) is 3.07. The van der Waals surface area contributed by atoms with E-state index in [1.54, 1.807) is 0 Å². The molecule has 0 amide bonds. The maximum Gasteiger partial charge on any atom is 0.371 e. The number of carboxylic acids is 1. The number of nitriles is 1. The monoisotopic (exact) mass is 276 g/mol. The molecule has 1 fully saturated rings. The molecule has 1 saturated heterocycles. The van der Waals surface area contributed by atoms with Crippen LogP contribution in [0.4, 0.5) is 0 Å². The minimum absolute atomic E-state index is 0.156. The smallest absolute Gasteiger partial charge is 0.371 e. The Kier molecular flexibility index (Phi) is 3.76. The van der Waals surface area contributed by atoms with Crippen LogP contribution >= 0.6 is 0 Å². The third kappa shape index (κ3) is 2.64. The first kappa shape index (κ1) is 14.4. The zero-order chi connectivity index (χ0) is 14.9. The topological polar surface area (TPSA) is 84.6 Å². The third-order valence-corrected chi connectivity index (χ3v) is 3.98. The van der Waals surface area contributed by atoms with Gasteiger partial charge < -0.3 is 15.1 Å². The average Bonchev–Trinajstić information content (AvgIpc) is 2.89. The van der Waals surface area contributed by atoms with Gasteiger partial charge in [0.05, 0.1) is 5.57 Å². The minimum atomic E-state index is -1.37. The Morgan fingerprint density at radius 2 is 1.85 bits per heavy atom. The van der Waals surface area contributed by atoms with Crippen molar-refractivity contribution in [2.45, 2.75) is 39.5 Å². The highest BCUT2D eigenvalue weighted by Crippen LogP contribution is 2.44. The summed E-state index contributed by atoms with van der Waals surface area (Å²) in [6, 6.07) is 2.11. The molecule has 0 bridgehead atoms. The number of carboxylic acid groups (broad SMARTS) is 1. The minimum Gasteiger partial charge on any atom is -0.502 e. The van der Waals surface area contributed by atoms with Crippen LogP contribution in [0, 0.1) is 16.7 Å². The van der Waals surface area contributed by atoms with Gasteiger partial charge in [-0.3, -0.25) is 0 Å². The largest absolute Gasteiger partial charge is 0.502 e. The number of rotatable bonds is 2. The van der Waals surface area contributed by atoms with E-state index >= 15 is 0 Å². The number of hydrogen-bond acceptors (Lipinski definition) is 4. The fraction of sp³-hybridized carbons (Fsp3) is 0.600. The van der Waals surface area contributed by atoms with Crippen molar-refractivity contribution in [2.24, 2.45) is 5.41 Å². The lowest BCUT2D eigenvalue weighted by molar-refractivity contribution is -0.135. The lowest BCUT2D eigenvalue weighted by Gasteiger charge is -2.37. The normalized spacial score (nSPS) is 24.6. The second-order valence-electron chi connectivity index (χ2n) is 6.28. The Morgan fingerprint density at radius 1 is 1.25 bits per heavy atom. The van der Waals surface area contributed by atoms with Gasteiger partial charge in [0.1, 0.15) is 6.07 Å². The Labute approximate surface area is 118 Å². The van der Waals surface area contributed by atoms with Crippen LogP contribution in [-0.2, 0) is 4.79 Å². The zero-order valence-corrected chi connectivity index (χ0v) is 11.9. The number of allylic oxidation sites excluding steroid dienone is 3. The van der Waals surface area contributed by atoms with Gasteiger partial charge in [0.25, 0.3) is 0 Å². The van der Waals surface area contributed by atoms with Gasteiger partial charge in [-0.1, -0.05) is 13.8 Å². The van der Waals surface area contributed by atoms with Gasteiger partial charge in [-0.05, 0) is 31.1 Å². The van der Waals surface area contributed by atoms with Crippen LogP contribution in [0.3, 0.4) is 0 Å². The zero-order valence-electron chi connectivity index (χ0n) is 11.9. The summed E-state index contributed by atoms with van der Waals surface area (Å²) < 4.78 is 0. The summed E-state index contributed by atoms with van der Waals surface area (Å²) in [7, 11) is 0. The van der Waals surface area contributed by atoms with Crippen LogP contribution in [-0.4, -0.2) is 34.2 Å². The molecule has 1 aliphatic carbocycles. The van der Waals surface area contributed by atoms with Gasteiger partial charge in [-0.2, -0.15) is 5.26 Å². The predicted octanol–water partition coefficient (Wildman–Crippen LogP) is 2.58. The molecule has 0 radical (unpaired) electrons. The molecular weight excluding hydrogens is 256 g/mol. The molecule has 0 aromatic heterocycles. The van der Waals surface area contributed by atoms with Crippen LogP contribution < -0.4 is 0 Å². The van der Waals surface area contributed by atoms with Crippen molar-refractivity contribution >= 4 is 5.97 Å². The summed E-state index contributed by atoms with van der Waals surface area (Å²) in [6.07, 6.45) is 3.33. The SMILES string of the molecule is CC1(C)CC(N2CCCC2)=C(C#N)/C(=C(/O)C(=O)O)C1. The van der Waals surface area contributed by atoms with Crippen LogP contribution in [0.1, 0.15) is 39.5 Å². The molecule has 0 aromatic rings. The molecule has 20 heavy (non-hydrogen) atoms. The van der Waals surface area contributed by atoms with E-state index in [2.05, 4.69) is 11.0 Å². The molecule has 5 heteroatoms. The van der Waals surface area contributed by atoms with E-state index in [4.69, 9.17) is 5.11 Å². The van der Waals surface area contributed by atoms with E-state index in [0.29, 0.717) is 12.0 Å². The van der Waals surface area contributed by atoms with Crippen LogP contribution in [0.15, 0.2) is 22.6 Å². The summed E-state index contributed by atoms with van der Waals surface area (Å²) >= 11 is 0. The van der Waals surface area contributed by atoms with Crippen LogP contribution in [0.25, 0.3) is 0 Å². The summed E-state index contributed by atoms with van der Waals surface area (Å²) in [5, 5.41) is 28.3. The van der Waals surface area contributed by atoms with Crippen LogP contribution in [0.2, 0.25) is 0 Å². The lowest BCUT2D eigenvalue weighted by Crippen LogP contribution is -2.30. The number of nitrogens with zero attached hydrogens (tertiary/aromatic N) is 2. The highest BCUT2D eigenvalue weighted by molar-refractivity contribution is 5.86. The van der Waals surface area contributed by atoms with E-state index in [9.17, 15) is 15.2 Å². The first-order valence-electron chi connectivity index (χ1n) is 6.90. The molecule has 1 heterocycles. The number of carbonyl (C=O) groups is 1. The van der Waals surface area contributed by atoms with Crippen molar-refractivity contribution in [3.05, 3.63) is 22.6 Å². The van der Waals surface area contributed by atoms with Crippen LogP contribution in [0.5, 0.6) is 0 Å². The number of hydrogen-bond donors (Lipinski definition) is 2. The van der Waals surface area contributed by atoms with Crippen molar-refractivity contribution in [1.29, 1.82) is 5.26 Å². The molecular formula is C15H20N2O3. The van der Waals surface area contributed by atoms with Crippen molar-refractivity contribution < 1.29 is 15.0 Å². The third-order valence-electron chi connectivity index (χ3n) is 3.98. The van der Waals surface area contributed by atoms with E-state index in [1.165, 1.54) is 0 Å². The Bertz CT molecular complexity index is 532. The van der Waals surface area contributed by atoms with E-state index < -0.39 is 11.7 Å². The molecule has 2 aliphatic rings. The van der Waals surface area contributed by atoms with Gasteiger partial charge in [0, 0.05) is 24.4 Å². The molecule has 2 N–H and O–H groups in total. The first-order chi connectivity index (χ1) is 9.35. The van der Waals surface area contributed by atoms with Crippen molar-refractivity contribution in [1.82, 2.24) is 4.90 Å². The summed E-state index contributed by atoms with van der Waals surface area (Å²) in [5.41, 5.74) is 1.37. The maximum absolute atomic E-state index is 11.0. The fourth-order valence-corrected chi connectivity index (χ4v) is 3.07. The van der Waals surface area contributed by atoms with Crippen molar-refractivity contribution in [3.8, 4) is 6.07 Å². The quantitative estimate of drug-likeness (QED) is 0.598. The van der Waals surface area contributed by atoms with Crippen molar-refractivity contribution in [2.75, 3.05) is 13.1 Å². The number of aliphatic hydroxyl groups excluding tert-OH is 1. The maximum atomic E-state index is 11.0. The summed E-state index contributed by atoms with van der Waals surface area (Å²) in [5.74, 6) is -2.06. The molecule has 0 aromatic carbocycles. The average molecular weight is 276 g/mol. The molecule has 5 nitrogen and oxygen atoms in total. The Morgan fingerprint density at radius 3 is 2.35 bits per heavy atom.